The first-order valence-corrected chi connectivity index (χ1v) is 7.62. The van der Waals surface area contributed by atoms with Gasteiger partial charge in [0, 0.05) is 5.25 Å². The van der Waals surface area contributed by atoms with Gasteiger partial charge in [0.15, 0.2) is 4.34 Å². The molecule has 3 atom stereocenters. The largest absolute Gasteiger partial charge is 0.330 e. The molecule has 3 nitrogen and oxygen atoms in total. The van der Waals surface area contributed by atoms with E-state index in [0.717, 1.165) is 16.8 Å². The summed E-state index contributed by atoms with van der Waals surface area (Å²) in [6.45, 7) is 3.10. The molecule has 1 aliphatic rings. The van der Waals surface area contributed by atoms with Crippen molar-refractivity contribution >= 4 is 23.3 Å². The van der Waals surface area contributed by atoms with Crippen LogP contribution in [0.25, 0.3) is 0 Å². The molecule has 5 heteroatoms. The fourth-order valence-electron chi connectivity index (χ4n) is 2.40. The van der Waals surface area contributed by atoms with Gasteiger partial charge < -0.3 is 5.73 Å². The van der Waals surface area contributed by atoms with E-state index in [9.17, 15) is 0 Å². The Morgan fingerprint density at radius 3 is 3.06 bits per heavy atom. The van der Waals surface area contributed by atoms with Gasteiger partial charge in [-0.1, -0.05) is 31.5 Å². The second kappa shape index (κ2) is 5.98. The topological polar surface area (TPSA) is 51.8 Å². The van der Waals surface area contributed by atoms with Gasteiger partial charge in [0.2, 0.25) is 0 Å². The van der Waals surface area contributed by atoms with Crippen molar-refractivity contribution in [1.29, 1.82) is 0 Å². The Bertz CT molecular complexity index is 302. The lowest BCUT2D eigenvalue weighted by atomic mass is 9.80. The summed E-state index contributed by atoms with van der Waals surface area (Å²) in [6, 6.07) is 0. The molecule has 1 aromatic heterocycles. The number of rotatable bonds is 4. The summed E-state index contributed by atoms with van der Waals surface area (Å²) in [5, 5.41) is 0.650. The molecule has 0 radical (unpaired) electrons. The van der Waals surface area contributed by atoms with Gasteiger partial charge in [-0.05, 0) is 42.8 Å². The Hall–Kier alpha value is -0.130. The van der Waals surface area contributed by atoms with Crippen LogP contribution in [-0.4, -0.2) is 21.2 Å². The molecular weight excluding hydrogens is 238 g/mol. The molecule has 1 fully saturated rings. The average molecular weight is 257 g/mol. The van der Waals surface area contributed by atoms with Gasteiger partial charge in [0.1, 0.15) is 6.33 Å². The Morgan fingerprint density at radius 2 is 2.44 bits per heavy atom. The number of nitrogens with zero attached hydrogens (tertiary/aromatic N) is 2. The fourth-order valence-corrected chi connectivity index (χ4v) is 4.53. The average Bonchev–Trinajstić information content (AvgIpc) is 2.82. The minimum absolute atomic E-state index is 0.650. The van der Waals surface area contributed by atoms with Crippen LogP contribution in [0.3, 0.4) is 0 Å². The van der Waals surface area contributed by atoms with E-state index in [2.05, 4.69) is 16.3 Å². The highest BCUT2D eigenvalue weighted by Gasteiger charge is 2.30. The zero-order chi connectivity index (χ0) is 11.4. The first-order chi connectivity index (χ1) is 7.83. The molecule has 1 heterocycles. The monoisotopic (exact) mass is 257 g/mol. The Kier molecular flexibility index (Phi) is 4.61. The number of nitrogens with two attached hydrogens (primary N) is 1. The lowest BCUT2D eigenvalue weighted by Crippen LogP contribution is -2.32. The van der Waals surface area contributed by atoms with E-state index in [0.29, 0.717) is 11.2 Å². The molecule has 0 saturated heterocycles. The molecule has 1 aliphatic carbocycles. The van der Waals surface area contributed by atoms with Crippen LogP contribution in [0.15, 0.2) is 10.7 Å². The highest BCUT2D eigenvalue weighted by Crippen LogP contribution is 2.40. The summed E-state index contributed by atoms with van der Waals surface area (Å²) < 4.78 is 5.15. The molecule has 0 spiro atoms. The summed E-state index contributed by atoms with van der Waals surface area (Å²) in [7, 11) is 0. The Morgan fingerprint density at radius 1 is 1.56 bits per heavy atom. The molecule has 0 aliphatic heterocycles. The van der Waals surface area contributed by atoms with Crippen molar-refractivity contribution in [3.05, 3.63) is 6.33 Å². The normalized spacial score (nSPS) is 30.5. The molecule has 2 N–H and O–H groups in total. The van der Waals surface area contributed by atoms with Gasteiger partial charge in [0.25, 0.3) is 0 Å². The van der Waals surface area contributed by atoms with Crippen molar-refractivity contribution in [3.8, 4) is 0 Å². The summed E-state index contributed by atoms with van der Waals surface area (Å²) in [5.41, 5.74) is 5.86. The van der Waals surface area contributed by atoms with Crippen LogP contribution in [0, 0.1) is 11.8 Å². The van der Waals surface area contributed by atoms with E-state index in [1.807, 2.05) is 11.8 Å². The molecule has 0 bridgehead atoms. The molecule has 2 rings (SSSR count). The quantitative estimate of drug-likeness (QED) is 0.901. The Labute approximate surface area is 105 Å². The minimum Gasteiger partial charge on any atom is -0.330 e. The van der Waals surface area contributed by atoms with Gasteiger partial charge in [-0.25, -0.2) is 4.98 Å². The van der Waals surface area contributed by atoms with Crippen LogP contribution in [0.5, 0.6) is 0 Å². The second-order valence-corrected chi connectivity index (χ2v) is 6.71. The van der Waals surface area contributed by atoms with Crippen molar-refractivity contribution in [3.63, 3.8) is 0 Å². The highest BCUT2D eigenvalue weighted by atomic mass is 32.2. The third-order valence-corrected chi connectivity index (χ3v) is 5.67. The van der Waals surface area contributed by atoms with E-state index in [1.54, 1.807) is 6.33 Å². The molecule has 0 aromatic carbocycles. The van der Waals surface area contributed by atoms with E-state index in [1.165, 1.54) is 37.2 Å². The Balaban J connectivity index is 1.97. The van der Waals surface area contributed by atoms with Gasteiger partial charge in [0.05, 0.1) is 0 Å². The van der Waals surface area contributed by atoms with Gasteiger partial charge in [-0.3, -0.25) is 0 Å². The molecule has 1 aromatic rings. The van der Waals surface area contributed by atoms with E-state index < -0.39 is 0 Å². The van der Waals surface area contributed by atoms with Crippen LogP contribution in [0.4, 0.5) is 0 Å². The van der Waals surface area contributed by atoms with Crippen molar-refractivity contribution in [2.24, 2.45) is 17.6 Å². The zero-order valence-corrected chi connectivity index (χ0v) is 11.3. The maximum Gasteiger partial charge on any atom is 0.170 e. The number of hydrogen-bond donors (Lipinski definition) is 1. The van der Waals surface area contributed by atoms with Crippen molar-refractivity contribution in [2.75, 3.05) is 6.54 Å². The van der Waals surface area contributed by atoms with Crippen LogP contribution < -0.4 is 5.73 Å². The molecule has 1 saturated carbocycles. The van der Waals surface area contributed by atoms with Crippen molar-refractivity contribution in [1.82, 2.24) is 9.36 Å². The predicted octanol–water partition coefficient (Wildman–Crippen LogP) is 2.78. The van der Waals surface area contributed by atoms with Gasteiger partial charge in [-0.2, -0.15) is 4.37 Å². The molecule has 0 amide bonds. The summed E-state index contributed by atoms with van der Waals surface area (Å²) in [4.78, 5) is 4.26. The predicted molar refractivity (Wildman–Crippen MR) is 69.7 cm³/mol. The summed E-state index contributed by atoms with van der Waals surface area (Å²) in [6.07, 6.45) is 6.87. The number of aromatic nitrogens is 2. The van der Waals surface area contributed by atoms with E-state index in [-0.39, 0.29) is 0 Å². The van der Waals surface area contributed by atoms with Crippen LogP contribution in [-0.2, 0) is 0 Å². The van der Waals surface area contributed by atoms with Crippen LogP contribution in [0.1, 0.15) is 32.6 Å². The first-order valence-electron chi connectivity index (χ1n) is 5.96. The standard InChI is InChI=1S/C11H19N3S2/c1-2-8-3-4-9(6-12)10(5-8)15-11-13-7-14-16-11/h7-10H,2-6,12H2,1H3. The first kappa shape index (κ1) is 12.3. The van der Waals surface area contributed by atoms with Crippen molar-refractivity contribution < 1.29 is 0 Å². The third kappa shape index (κ3) is 2.96. The van der Waals surface area contributed by atoms with Gasteiger partial charge in [-0.15, -0.1) is 0 Å². The summed E-state index contributed by atoms with van der Waals surface area (Å²) >= 11 is 3.39. The third-order valence-electron chi connectivity index (χ3n) is 3.51. The smallest absolute Gasteiger partial charge is 0.170 e. The minimum atomic E-state index is 0.650. The lowest BCUT2D eigenvalue weighted by Gasteiger charge is -2.34. The van der Waals surface area contributed by atoms with Gasteiger partial charge >= 0.3 is 0 Å². The maximum atomic E-state index is 5.86. The number of hydrogen-bond acceptors (Lipinski definition) is 5. The van der Waals surface area contributed by atoms with Crippen LogP contribution in [0.2, 0.25) is 0 Å². The maximum absolute atomic E-state index is 5.86. The fraction of sp³-hybridized carbons (Fsp3) is 0.818. The number of thioether (sulfide) groups is 1. The van der Waals surface area contributed by atoms with E-state index in [4.69, 9.17) is 5.73 Å². The molecule has 16 heavy (non-hydrogen) atoms. The molecule has 3 unspecified atom stereocenters. The highest BCUT2D eigenvalue weighted by molar-refractivity contribution is 8.01. The SMILES string of the molecule is CCC1CCC(CN)C(Sc2ncns2)C1. The zero-order valence-electron chi connectivity index (χ0n) is 9.63. The van der Waals surface area contributed by atoms with Crippen LogP contribution >= 0.6 is 23.3 Å². The summed E-state index contributed by atoms with van der Waals surface area (Å²) in [5.74, 6) is 1.55. The molecular formula is C11H19N3S2. The second-order valence-electron chi connectivity index (χ2n) is 4.45. The van der Waals surface area contributed by atoms with Crippen molar-refractivity contribution in [2.45, 2.75) is 42.2 Å². The molecule has 90 valence electrons. The lowest BCUT2D eigenvalue weighted by molar-refractivity contribution is 0.284. The van der Waals surface area contributed by atoms with E-state index >= 15 is 0 Å².